The first kappa shape index (κ1) is 10.4. The van der Waals surface area contributed by atoms with Gasteiger partial charge in [0.15, 0.2) is 0 Å². The highest BCUT2D eigenvalue weighted by Crippen LogP contribution is 2.28. The molecule has 84 valence electrons. The molecule has 0 aromatic carbocycles. The molecule has 0 unspecified atom stereocenters. The highest BCUT2D eigenvalue weighted by Gasteiger charge is 2.20. The average Bonchev–Trinajstić information content (AvgIpc) is 2.83. The third-order valence-corrected chi connectivity index (χ3v) is 4.29. The molecule has 5 heteroatoms. The first-order valence-electron chi connectivity index (χ1n) is 5.46. The molecule has 1 aliphatic rings. The summed E-state index contributed by atoms with van der Waals surface area (Å²) in [6, 6.07) is 0. The molecule has 0 atom stereocenters. The van der Waals surface area contributed by atoms with Crippen molar-refractivity contribution in [2.75, 3.05) is 6.54 Å². The van der Waals surface area contributed by atoms with E-state index in [9.17, 15) is 0 Å². The van der Waals surface area contributed by atoms with E-state index in [4.69, 9.17) is 0 Å². The Bertz CT molecular complexity index is 446. The van der Waals surface area contributed by atoms with Gasteiger partial charge in [-0.25, -0.2) is 4.98 Å². The lowest BCUT2D eigenvalue weighted by Gasteiger charge is -1.98. The van der Waals surface area contributed by atoms with Gasteiger partial charge in [0, 0.05) is 18.1 Å². The topological polar surface area (TPSA) is 37.8 Å². The number of hydrogen-bond donors (Lipinski definition) is 1. The van der Waals surface area contributed by atoms with E-state index < -0.39 is 0 Å². The third kappa shape index (κ3) is 2.48. The molecular weight excluding hydrogens is 238 g/mol. The van der Waals surface area contributed by atoms with Crippen LogP contribution in [0.2, 0.25) is 0 Å². The number of aromatic nitrogens is 2. The van der Waals surface area contributed by atoms with Gasteiger partial charge < -0.3 is 5.32 Å². The summed E-state index contributed by atoms with van der Waals surface area (Å²) in [5, 5.41) is 6.74. The van der Waals surface area contributed by atoms with E-state index in [2.05, 4.69) is 20.7 Å². The van der Waals surface area contributed by atoms with Gasteiger partial charge in [-0.05, 0) is 25.3 Å². The van der Waals surface area contributed by atoms with E-state index in [0.29, 0.717) is 0 Å². The van der Waals surface area contributed by atoms with Crippen LogP contribution in [0.1, 0.15) is 17.8 Å². The van der Waals surface area contributed by atoms with Crippen LogP contribution in [0.4, 0.5) is 0 Å². The van der Waals surface area contributed by atoms with Crippen molar-refractivity contribution in [1.82, 2.24) is 15.3 Å². The number of nitrogens with one attached hydrogen (secondary N) is 1. The van der Waals surface area contributed by atoms with Gasteiger partial charge in [-0.15, -0.1) is 22.7 Å². The Morgan fingerprint density at radius 1 is 1.38 bits per heavy atom. The minimum absolute atomic E-state index is 0.903. The number of hydrogen-bond acceptors (Lipinski definition) is 5. The Morgan fingerprint density at radius 2 is 2.31 bits per heavy atom. The maximum atomic E-state index is 4.60. The summed E-state index contributed by atoms with van der Waals surface area (Å²) in [6.45, 7) is 2.05. The maximum Gasteiger partial charge on any atom is 0.107 e. The number of thiazole rings is 2. The number of rotatable bonds is 5. The Hall–Kier alpha value is -0.780. The van der Waals surface area contributed by atoms with E-state index >= 15 is 0 Å². The van der Waals surface area contributed by atoms with E-state index in [-0.39, 0.29) is 0 Å². The van der Waals surface area contributed by atoms with Gasteiger partial charge in [0.25, 0.3) is 0 Å². The first-order chi connectivity index (χ1) is 7.92. The molecule has 2 aromatic rings. The minimum Gasteiger partial charge on any atom is -0.310 e. The molecule has 1 saturated carbocycles. The monoisotopic (exact) mass is 251 g/mol. The molecule has 0 amide bonds. The SMILES string of the molecule is c1ncc(-c2csc(CNCC3CC3)n2)s1. The third-order valence-electron chi connectivity index (χ3n) is 2.64. The molecule has 1 N–H and O–H groups in total. The van der Waals surface area contributed by atoms with Crippen LogP contribution in [0.5, 0.6) is 0 Å². The predicted octanol–water partition coefficient (Wildman–Crippen LogP) is 2.77. The Labute approximate surface area is 103 Å². The van der Waals surface area contributed by atoms with Gasteiger partial charge >= 0.3 is 0 Å². The summed E-state index contributed by atoms with van der Waals surface area (Å²) in [5.74, 6) is 0.931. The van der Waals surface area contributed by atoms with Gasteiger partial charge in [-0.1, -0.05) is 0 Å². The van der Waals surface area contributed by atoms with Crippen LogP contribution in [-0.4, -0.2) is 16.5 Å². The minimum atomic E-state index is 0.903. The highest BCUT2D eigenvalue weighted by atomic mass is 32.1. The second-order valence-electron chi connectivity index (χ2n) is 4.07. The Morgan fingerprint density at radius 3 is 3.06 bits per heavy atom. The van der Waals surface area contributed by atoms with E-state index in [1.807, 2.05) is 11.7 Å². The van der Waals surface area contributed by atoms with Gasteiger partial charge in [-0.2, -0.15) is 0 Å². The van der Waals surface area contributed by atoms with Crippen LogP contribution < -0.4 is 5.32 Å². The van der Waals surface area contributed by atoms with Crippen LogP contribution in [0.3, 0.4) is 0 Å². The van der Waals surface area contributed by atoms with Gasteiger partial charge in [0.2, 0.25) is 0 Å². The normalized spacial score (nSPS) is 15.5. The molecule has 0 aliphatic heterocycles. The van der Waals surface area contributed by atoms with Crippen LogP contribution in [-0.2, 0) is 6.54 Å². The van der Waals surface area contributed by atoms with Crippen molar-refractivity contribution in [3.05, 3.63) is 22.1 Å². The first-order valence-corrected chi connectivity index (χ1v) is 7.22. The molecule has 2 heterocycles. The van der Waals surface area contributed by atoms with E-state index in [1.165, 1.54) is 17.8 Å². The molecule has 3 rings (SSSR count). The fraction of sp³-hybridized carbons (Fsp3) is 0.455. The Kier molecular flexibility index (Phi) is 2.99. The maximum absolute atomic E-state index is 4.60. The van der Waals surface area contributed by atoms with Crippen molar-refractivity contribution in [1.29, 1.82) is 0 Å². The van der Waals surface area contributed by atoms with Crippen molar-refractivity contribution >= 4 is 22.7 Å². The van der Waals surface area contributed by atoms with Gasteiger partial charge in [0.05, 0.1) is 16.1 Å². The largest absolute Gasteiger partial charge is 0.310 e. The van der Waals surface area contributed by atoms with E-state index in [1.54, 1.807) is 22.7 Å². The summed E-state index contributed by atoms with van der Waals surface area (Å²) < 4.78 is 0. The molecule has 0 bridgehead atoms. The molecule has 1 aliphatic carbocycles. The Balaban J connectivity index is 1.59. The van der Waals surface area contributed by atoms with Crippen LogP contribution >= 0.6 is 22.7 Å². The lowest BCUT2D eigenvalue weighted by molar-refractivity contribution is 0.637. The van der Waals surface area contributed by atoms with Crippen molar-refractivity contribution < 1.29 is 0 Å². The second-order valence-corrected chi connectivity index (χ2v) is 5.90. The average molecular weight is 251 g/mol. The van der Waals surface area contributed by atoms with Crippen molar-refractivity contribution in [2.45, 2.75) is 19.4 Å². The molecule has 2 aromatic heterocycles. The summed E-state index contributed by atoms with van der Waals surface area (Å²) in [4.78, 5) is 9.82. The molecule has 0 saturated heterocycles. The van der Waals surface area contributed by atoms with Crippen molar-refractivity contribution in [3.8, 4) is 10.6 Å². The van der Waals surface area contributed by atoms with Gasteiger partial charge in [-0.3, -0.25) is 4.98 Å². The predicted molar refractivity (Wildman–Crippen MR) is 67.7 cm³/mol. The lowest BCUT2D eigenvalue weighted by Crippen LogP contribution is -2.15. The van der Waals surface area contributed by atoms with Crippen LogP contribution in [0.15, 0.2) is 17.1 Å². The fourth-order valence-corrected chi connectivity index (χ4v) is 2.97. The standard InChI is InChI=1S/C11H13N3S2/c1-2-8(1)3-12-5-11-14-9(6-15-11)10-4-13-7-16-10/h4,6-8,12H,1-3,5H2. The summed E-state index contributed by atoms with van der Waals surface area (Å²) in [5.41, 5.74) is 2.91. The van der Waals surface area contributed by atoms with Crippen LogP contribution in [0, 0.1) is 5.92 Å². The summed E-state index contributed by atoms with van der Waals surface area (Å²) in [6.07, 6.45) is 4.68. The lowest BCUT2D eigenvalue weighted by atomic mass is 10.4. The summed E-state index contributed by atoms with van der Waals surface area (Å²) >= 11 is 3.37. The highest BCUT2D eigenvalue weighted by molar-refractivity contribution is 7.14. The molecular formula is C11H13N3S2. The van der Waals surface area contributed by atoms with Crippen LogP contribution in [0.25, 0.3) is 10.6 Å². The zero-order chi connectivity index (χ0) is 10.8. The molecule has 3 nitrogen and oxygen atoms in total. The molecule has 16 heavy (non-hydrogen) atoms. The zero-order valence-corrected chi connectivity index (χ0v) is 10.5. The second kappa shape index (κ2) is 4.61. The smallest absolute Gasteiger partial charge is 0.107 e. The van der Waals surface area contributed by atoms with Gasteiger partial charge in [0.1, 0.15) is 5.01 Å². The molecule has 0 radical (unpaired) electrons. The van der Waals surface area contributed by atoms with Crippen molar-refractivity contribution in [3.63, 3.8) is 0 Å². The zero-order valence-electron chi connectivity index (χ0n) is 8.85. The quantitative estimate of drug-likeness (QED) is 0.888. The molecule has 1 fully saturated rings. The summed E-state index contributed by atoms with van der Waals surface area (Å²) in [7, 11) is 0. The van der Waals surface area contributed by atoms with E-state index in [0.717, 1.165) is 29.6 Å². The van der Waals surface area contributed by atoms with Crippen molar-refractivity contribution in [2.24, 2.45) is 5.92 Å². The number of nitrogens with zero attached hydrogens (tertiary/aromatic N) is 2. The fourth-order valence-electron chi connectivity index (χ4n) is 1.55. The molecule has 0 spiro atoms.